The minimum atomic E-state index is -0.489. The molecule has 4 nitrogen and oxygen atoms in total. The number of hydrogen-bond donors (Lipinski definition) is 2. The highest BCUT2D eigenvalue weighted by Gasteiger charge is 2.29. The topological polar surface area (TPSA) is 52.6 Å². The van der Waals surface area contributed by atoms with Crippen LogP contribution in [0.2, 0.25) is 0 Å². The quantitative estimate of drug-likeness (QED) is 0.877. The summed E-state index contributed by atoms with van der Waals surface area (Å²) in [6.07, 6.45) is 2.86. The Kier molecular flexibility index (Phi) is 5.02. The van der Waals surface area contributed by atoms with E-state index in [-0.39, 0.29) is 11.9 Å². The molecule has 2 N–H and O–H groups in total. The number of carbonyl (C=O) groups is 1. The van der Waals surface area contributed by atoms with E-state index in [1.807, 2.05) is 12.1 Å². The van der Waals surface area contributed by atoms with E-state index in [1.165, 1.54) is 18.4 Å². The lowest BCUT2D eigenvalue weighted by atomic mass is 10.00. The second-order valence-corrected chi connectivity index (χ2v) is 7.49. The molecular formula is C19H28N2O2. The minimum Gasteiger partial charge on any atom is -0.390 e. The number of aliphatic hydroxyl groups is 1. The van der Waals surface area contributed by atoms with E-state index >= 15 is 0 Å². The summed E-state index contributed by atoms with van der Waals surface area (Å²) in [5, 5.41) is 13.3. The number of benzene rings is 1. The largest absolute Gasteiger partial charge is 0.390 e. The SMILES string of the molecule is CC(C)CN1CCC(NC(=O)c2ccc(C3CC3)cc2)C(O)C1. The summed E-state index contributed by atoms with van der Waals surface area (Å²) in [5.41, 5.74) is 2.02. The van der Waals surface area contributed by atoms with Crippen molar-refractivity contribution >= 4 is 5.91 Å². The third kappa shape index (κ3) is 4.33. The van der Waals surface area contributed by atoms with Crippen molar-refractivity contribution in [2.45, 2.75) is 51.2 Å². The maximum Gasteiger partial charge on any atom is 0.251 e. The Morgan fingerprint density at radius 2 is 1.96 bits per heavy atom. The molecule has 126 valence electrons. The van der Waals surface area contributed by atoms with Gasteiger partial charge >= 0.3 is 0 Å². The van der Waals surface area contributed by atoms with Crippen LogP contribution in [-0.4, -0.2) is 47.7 Å². The molecule has 0 bridgehead atoms. The van der Waals surface area contributed by atoms with Crippen molar-refractivity contribution in [3.05, 3.63) is 35.4 Å². The molecule has 1 aliphatic carbocycles. The van der Waals surface area contributed by atoms with Gasteiger partial charge in [-0.05, 0) is 48.8 Å². The van der Waals surface area contributed by atoms with Crippen LogP contribution in [0.5, 0.6) is 0 Å². The van der Waals surface area contributed by atoms with Crippen LogP contribution in [-0.2, 0) is 0 Å². The van der Waals surface area contributed by atoms with Crippen LogP contribution >= 0.6 is 0 Å². The van der Waals surface area contributed by atoms with Crippen molar-refractivity contribution in [1.82, 2.24) is 10.2 Å². The van der Waals surface area contributed by atoms with Gasteiger partial charge < -0.3 is 15.3 Å². The van der Waals surface area contributed by atoms with E-state index in [1.54, 1.807) is 0 Å². The second-order valence-electron chi connectivity index (χ2n) is 7.49. The monoisotopic (exact) mass is 316 g/mol. The molecule has 1 saturated heterocycles. The van der Waals surface area contributed by atoms with E-state index in [4.69, 9.17) is 0 Å². The van der Waals surface area contributed by atoms with Crippen LogP contribution in [0.3, 0.4) is 0 Å². The lowest BCUT2D eigenvalue weighted by Crippen LogP contribution is -2.54. The van der Waals surface area contributed by atoms with Crippen molar-refractivity contribution in [3.63, 3.8) is 0 Å². The maximum absolute atomic E-state index is 12.4. The highest BCUT2D eigenvalue weighted by molar-refractivity contribution is 5.94. The average molecular weight is 316 g/mol. The fourth-order valence-electron chi connectivity index (χ4n) is 3.42. The summed E-state index contributed by atoms with van der Waals surface area (Å²) in [7, 11) is 0. The van der Waals surface area contributed by atoms with Gasteiger partial charge in [0, 0.05) is 25.2 Å². The van der Waals surface area contributed by atoms with E-state index in [9.17, 15) is 9.90 Å². The number of hydrogen-bond acceptors (Lipinski definition) is 3. The number of rotatable bonds is 5. The van der Waals surface area contributed by atoms with Gasteiger partial charge in [-0.15, -0.1) is 0 Å². The average Bonchev–Trinajstić information content (AvgIpc) is 3.34. The van der Waals surface area contributed by atoms with E-state index in [0.29, 0.717) is 23.9 Å². The summed E-state index contributed by atoms with van der Waals surface area (Å²) >= 11 is 0. The first-order valence-corrected chi connectivity index (χ1v) is 8.84. The van der Waals surface area contributed by atoms with Crippen LogP contribution in [0, 0.1) is 5.92 Å². The molecule has 1 aliphatic heterocycles. The smallest absolute Gasteiger partial charge is 0.251 e. The summed E-state index contributed by atoms with van der Waals surface area (Å²) in [6.45, 7) is 6.95. The van der Waals surface area contributed by atoms with Gasteiger partial charge in [0.25, 0.3) is 5.91 Å². The molecule has 1 heterocycles. The Morgan fingerprint density at radius 1 is 1.26 bits per heavy atom. The zero-order valence-corrected chi connectivity index (χ0v) is 14.2. The first-order chi connectivity index (χ1) is 11.0. The number of nitrogens with zero attached hydrogens (tertiary/aromatic N) is 1. The molecule has 0 aromatic heterocycles. The highest BCUT2D eigenvalue weighted by Crippen LogP contribution is 2.39. The fourth-order valence-corrected chi connectivity index (χ4v) is 3.42. The van der Waals surface area contributed by atoms with E-state index in [0.717, 1.165) is 19.5 Å². The highest BCUT2D eigenvalue weighted by atomic mass is 16.3. The van der Waals surface area contributed by atoms with Crippen molar-refractivity contribution in [3.8, 4) is 0 Å². The normalized spacial score (nSPS) is 25.6. The molecule has 1 saturated carbocycles. The summed E-state index contributed by atoms with van der Waals surface area (Å²) in [6, 6.07) is 7.80. The Balaban J connectivity index is 1.53. The molecule has 1 aromatic rings. The van der Waals surface area contributed by atoms with Gasteiger partial charge in [-0.3, -0.25) is 4.79 Å². The van der Waals surface area contributed by atoms with Crippen molar-refractivity contribution in [2.24, 2.45) is 5.92 Å². The van der Waals surface area contributed by atoms with Crippen LogP contribution in [0.25, 0.3) is 0 Å². The minimum absolute atomic E-state index is 0.0753. The van der Waals surface area contributed by atoms with E-state index in [2.05, 4.69) is 36.2 Å². The van der Waals surface area contributed by atoms with Crippen molar-refractivity contribution in [1.29, 1.82) is 0 Å². The lowest BCUT2D eigenvalue weighted by Gasteiger charge is -2.37. The van der Waals surface area contributed by atoms with Gasteiger partial charge in [0.1, 0.15) is 0 Å². The molecule has 4 heteroatoms. The number of β-amino-alcohol motifs (C(OH)–C–C–N with tert-alkyl or cyclic N) is 1. The summed E-state index contributed by atoms with van der Waals surface area (Å²) in [4.78, 5) is 14.7. The lowest BCUT2D eigenvalue weighted by molar-refractivity contribution is 0.0339. The predicted octanol–water partition coefficient (Wildman–Crippen LogP) is 2.39. The van der Waals surface area contributed by atoms with Gasteiger partial charge in [-0.1, -0.05) is 26.0 Å². The first-order valence-electron chi connectivity index (χ1n) is 8.84. The molecule has 1 aromatic carbocycles. The molecule has 23 heavy (non-hydrogen) atoms. The Hall–Kier alpha value is -1.39. The zero-order valence-electron chi connectivity index (χ0n) is 14.2. The van der Waals surface area contributed by atoms with Crippen LogP contribution < -0.4 is 5.32 Å². The van der Waals surface area contributed by atoms with Crippen molar-refractivity contribution < 1.29 is 9.90 Å². The van der Waals surface area contributed by atoms with Gasteiger partial charge in [0.05, 0.1) is 12.1 Å². The summed E-state index contributed by atoms with van der Waals surface area (Å²) in [5.74, 6) is 1.23. The Bertz CT molecular complexity index is 537. The number of nitrogens with one attached hydrogen (secondary N) is 1. The molecule has 2 atom stereocenters. The molecule has 1 amide bonds. The third-order valence-electron chi connectivity index (χ3n) is 4.83. The maximum atomic E-state index is 12.4. The standard InChI is InChI=1S/C19H28N2O2/c1-13(2)11-21-10-9-17(18(22)12-21)20-19(23)16-7-5-15(6-8-16)14-3-4-14/h5-8,13-14,17-18,22H,3-4,9-12H2,1-2H3,(H,20,23). The van der Waals surface area contributed by atoms with Gasteiger partial charge in [0.15, 0.2) is 0 Å². The van der Waals surface area contributed by atoms with Gasteiger partial charge in [0.2, 0.25) is 0 Å². The van der Waals surface area contributed by atoms with E-state index < -0.39 is 6.10 Å². The second kappa shape index (κ2) is 7.02. The number of amides is 1. The van der Waals surface area contributed by atoms with Gasteiger partial charge in [-0.2, -0.15) is 0 Å². The van der Waals surface area contributed by atoms with Gasteiger partial charge in [-0.25, -0.2) is 0 Å². The number of carbonyl (C=O) groups excluding carboxylic acids is 1. The van der Waals surface area contributed by atoms with Crippen molar-refractivity contribution in [2.75, 3.05) is 19.6 Å². The third-order valence-corrected chi connectivity index (χ3v) is 4.83. The molecule has 2 unspecified atom stereocenters. The summed E-state index contributed by atoms with van der Waals surface area (Å²) < 4.78 is 0. The molecular weight excluding hydrogens is 288 g/mol. The molecule has 0 spiro atoms. The molecule has 2 aliphatic rings. The number of piperidine rings is 1. The number of likely N-dealkylation sites (tertiary alicyclic amines) is 1. The molecule has 3 rings (SSSR count). The van der Waals surface area contributed by atoms with Crippen LogP contribution in [0.4, 0.5) is 0 Å². The zero-order chi connectivity index (χ0) is 16.4. The molecule has 0 radical (unpaired) electrons. The predicted molar refractivity (Wildman–Crippen MR) is 91.6 cm³/mol. The Labute approximate surface area is 138 Å². The molecule has 2 fully saturated rings. The first kappa shape index (κ1) is 16.5. The fraction of sp³-hybridized carbons (Fsp3) is 0.632. The van der Waals surface area contributed by atoms with Crippen LogP contribution in [0.15, 0.2) is 24.3 Å². The van der Waals surface area contributed by atoms with Crippen LogP contribution in [0.1, 0.15) is 54.9 Å². The number of aliphatic hydroxyl groups excluding tert-OH is 1. The Morgan fingerprint density at radius 3 is 2.52 bits per heavy atom.